The fraction of sp³-hybridized carbons (Fsp3) is 0.696. The standard InChI is InChI=1S/C23H36N6O/c1-23(2,3)29-22(24-25-26-29)21(18-10-12-20(30-4)13-11-18)28-16-14-27(15-17-28)19-8-6-5-7-9-19/h10-13,19,21H,5-9,14-17H2,1-4H3. The predicted octanol–water partition coefficient (Wildman–Crippen LogP) is 3.48. The monoisotopic (exact) mass is 412 g/mol. The van der Waals surface area contributed by atoms with Crippen molar-refractivity contribution >= 4 is 0 Å². The van der Waals surface area contributed by atoms with E-state index in [0.29, 0.717) is 0 Å². The lowest BCUT2D eigenvalue weighted by molar-refractivity contribution is 0.0609. The Bertz CT molecular complexity index is 798. The number of hydrogen-bond acceptors (Lipinski definition) is 6. The topological polar surface area (TPSA) is 59.3 Å². The Hall–Kier alpha value is -1.99. The molecule has 1 aliphatic carbocycles. The quantitative estimate of drug-likeness (QED) is 0.749. The van der Waals surface area contributed by atoms with Gasteiger partial charge in [0, 0.05) is 32.2 Å². The van der Waals surface area contributed by atoms with Gasteiger partial charge in [0.1, 0.15) is 5.75 Å². The molecule has 0 amide bonds. The molecule has 1 aliphatic heterocycles. The molecule has 2 aromatic rings. The van der Waals surface area contributed by atoms with Crippen molar-refractivity contribution < 1.29 is 4.74 Å². The second-order valence-electron chi connectivity index (χ2n) is 9.66. The zero-order chi connectivity index (χ0) is 21.1. The number of aromatic nitrogens is 4. The highest BCUT2D eigenvalue weighted by molar-refractivity contribution is 5.32. The second-order valence-corrected chi connectivity index (χ2v) is 9.66. The van der Waals surface area contributed by atoms with Gasteiger partial charge in [-0.3, -0.25) is 9.80 Å². The summed E-state index contributed by atoms with van der Waals surface area (Å²) in [6, 6.07) is 9.19. The molecule has 1 unspecified atom stereocenters. The Kier molecular flexibility index (Phi) is 6.39. The first-order valence-electron chi connectivity index (χ1n) is 11.4. The molecule has 4 rings (SSSR count). The summed E-state index contributed by atoms with van der Waals surface area (Å²) in [4.78, 5) is 5.27. The molecule has 7 heteroatoms. The molecule has 1 atom stereocenters. The molecular formula is C23H36N6O. The first kappa shape index (κ1) is 21.2. The smallest absolute Gasteiger partial charge is 0.173 e. The van der Waals surface area contributed by atoms with Crippen LogP contribution in [-0.4, -0.2) is 69.3 Å². The van der Waals surface area contributed by atoms with Crippen molar-refractivity contribution in [1.82, 2.24) is 30.0 Å². The molecule has 0 N–H and O–H groups in total. The van der Waals surface area contributed by atoms with Crippen molar-refractivity contribution in [3.05, 3.63) is 35.7 Å². The average Bonchev–Trinajstić information content (AvgIpc) is 3.26. The van der Waals surface area contributed by atoms with Crippen LogP contribution in [0.3, 0.4) is 0 Å². The lowest BCUT2D eigenvalue weighted by atomic mass is 9.93. The summed E-state index contributed by atoms with van der Waals surface area (Å²) in [7, 11) is 1.71. The van der Waals surface area contributed by atoms with Crippen LogP contribution in [0.4, 0.5) is 0 Å². The summed E-state index contributed by atoms with van der Waals surface area (Å²) >= 11 is 0. The van der Waals surface area contributed by atoms with E-state index in [1.807, 2.05) is 16.8 Å². The molecule has 1 aromatic carbocycles. The van der Waals surface area contributed by atoms with Gasteiger partial charge in [0.2, 0.25) is 0 Å². The highest BCUT2D eigenvalue weighted by atomic mass is 16.5. The largest absolute Gasteiger partial charge is 0.497 e. The maximum absolute atomic E-state index is 5.38. The van der Waals surface area contributed by atoms with Crippen molar-refractivity contribution in [3.63, 3.8) is 0 Å². The van der Waals surface area contributed by atoms with Gasteiger partial charge in [0.05, 0.1) is 18.7 Å². The molecule has 2 heterocycles. The van der Waals surface area contributed by atoms with Gasteiger partial charge in [-0.25, -0.2) is 4.68 Å². The minimum absolute atomic E-state index is 0.0404. The van der Waals surface area contributed by atoms with E-state index in [4.69, 9.17) is 4.74 Å². The van der Waals surface area contributed by atoms with Crippen molar-refractivity contribution in [2.24, 2.45) is 0 Å². The summed E-state index contributed by atoms with van der Waals surface area (Å²) in [5, 5.41) is 12.9. The third-order valence-electron chi connectivity index (χ3n) is 6.61. The normalized spacial score (nSPS) is 20.9. The molecule has 30 heavy (non-hydrogen) atoms. The highest BCUT2D eigenvalue weighted by Gasteiger charge is 2.34. The van der Waals surface area contributed by atoms with Crippen molar-refractivity contribution in [1.29, 1.82) is 0 Å². The second kappa shape index (κ2) is 9.02. The van der Waals surface area contributed by atoms with Gasteiger partial charge >= 0.3 is 0 Å². The Morgan fingerprint density at radius 3 is 2.23 bits per heavy atom. The average molecular weight is 413 g/mol. The molecule has 1 saturated carbocycles. The Morgan fingerprint density at radius 1 is 0.967 bits per heavy atom. The number of methoxy groups -OCH3 is 1. The molecule has 1 aromatic heterocycles. The lowest BCUT2D eigenvalue weighted by Gasteiger charge is -2.43. The van der Waals surface area contributed by atoms with Crippen LogP contribution >= 0.6 is 0 Å². The van der Waals surface area contributed by atoms with E-state index in [-0.39, 0.29) is 11.6 Å². The Morgan fingerprint density at radius 2 is 1.63 bits per heavy atom. The van der Waals surface area contributed by atoms with Crippen molar-refractivity contribution in [2.75, 3.05) is 33.3 Å². The fourth-order valence-electron chi connectivity index (χ4n) is 4.96. The summed E-state index contributed by atoms with van der Waals surface area (Å²) in [6.07, 6.45) is 6.92. The first-order chi connectivity index (χ1) is 14.5. The number of tetrazole rings is 1. The maximum atomic E-state index is 5.38. The van der Waals surface area contributed by atoms with Gasteiger partial charge in [-0.05, 0) is 61.7 Å². The molecule has 7 nitrogen and oxygen atoms in total. The van der Waals surface area contributed by atoms with Crippen LogP contribution in [0.1, 0.15) is 70.3 Å². The van der Waals surface area contributed by atoms with E-state index >= 15 is 0 Å². The zero-order valence-electron chi connectivity index (χ0n) is 18.9. The molecular weight excluding hydrogens is 376 g/mol. The first-order valence-corrected chi connectivity index (χ1v) is 11.4. The maximum Gasteiger partial charge on any atom is 0.173 e. The van der Waals surface area contributed by atoms with E-state index in [1.165, 1.54) is 37.7 Å². The van der Waals surface area contributed by atoms with Gasteiger partial charge in [0.15, 0.2) is 5.82 Å². The molecule has 164 valence electrons. The van der Waals surface area contributed by atoms with E-state index in [9.17, 15) is 0 Å². The lowest BCUT2D eigenvalue weighted by Crippen LogP contribution is -2.52. The van der Waals surface area contributed by atoms with E-state index in [0.717, 1.165) is 43.8 Å². The number of ether oxygens (including phenoxy) is 1. The predicted molar refractivity (Wildman–Crippen MR) is 118 cm³/mol. The molecule has 0 radical (unpaired) electrons. The van der Waals surface area contributed by atoms with Gasteiger partial charge in [-0.1, -0.05) is 31.4 Å². The summed E-state index contributed by atoms with van der Waals surface area (Å²) in [5.74, 6) is 1.79. The van der Waals surface area contributed by atoms with Crippen LogP contribution in [0.15, 0.2) is 24.3 Å². The SMILES string of the molecule is COc1ccc(C(c2nnnn2C(C)(C)C)N2CCN(C3CCCCC3)CC2)cc1. The number of hydrogen-bond donors (Lipinski definition) is 0. The third-order valence-corrected chi connectivity index (χ3v) is 6.61. The summed E-state index contributed by atoms with van der Waals surface area (Å²) in [5.41, 5.74) is 1.04. The van der Waals surface area contributed by atoms with Gasteiger partial charge < -0.3 is 4.74 Å². The number of benzene rings is 1. The molecule has 1 saturated heterocycles. The number of rotatable bonds is 5. The molecule has 0 bridgehead atoms. The van der Waals surface area contributed by atoms with E-state index in [2.05, 4.69) is 58.2 Å². The van der Waals surface area contributed by atoms with Gasteiger partial charge in [-0.2, -0.15) is 0 Å². The third kappa shape index (κ3) is 4.52. The minimum Gasteiger partial charge on any atom is -0.497 e. The van der Waals surface area contributed by atoms with Crippen LogP contribution in [0, 0.1) is 0 Å². The van der Waals surface area contributed by atoms with Crippen LogP contribution in [0.2, 0.25) is 0 Å². The highest BCUT2D eigenvalue weighted by Crippen LogP contribution is 2.32. The van der Waals surface area contributed by atoms with Gasteiger partial charge in [0.25, 0.3) is 0 Å². The number of nitrogens with zero attached hydrogens (tertiary/aromatic N) is 6. The van der Waals surface area contributed by atoms with Crippen molar-refractivity contribution in [3.8, 4) is 5.75 Å². The van der Waals surface area contributed by atoms with Crippen LogP contribution in [-0.2, 0) is 5.54 Å². The van der Waals surface area contributed by atoms with E-state index in [1.54, 1.807) is 7.11 Å². The number of piperazine rings is 1. The minimum atomic E-state index is -0.173. The summed E-state index contributed by atoms with van der Waals surface area (Å²) < 4.78 is 7.36. The molecule has 2 aliphatic rings. The van der Waals surface area contributed by atoms with Crippen LogP contribution in [0.25, 0.3) is 0 Å². The van der Waals surface area contributed by atoms with Crippen LogP contribution in [0.5, 0.6) is 5.75 Å². The molecule has 0 spiro atoms. The summed E-state index contributed by atoms with van der Waals surface area (Å²) in [6.45, 7) is 10.8. The van der Waals surface area contributed by atoms with Gasteiger partial charge in [-0.15, -0.1) is 5.10 Å². The van der Waals surface area contributed by atoms with E-state index < -0.39 is 0 Å². The zero-order valence-corrected chi connectivity index (χ0v) is 18.9. The molecule has 2 fully saturated rings. The Labute approximate surface area is 180 Å². The van der Waals surface area contributed by atoms with Crippen molar-refractivity contribution in [2.45, 2.75) is 70.5 Å². The Balaban J connectivity index is 1.59. The van der Waals surface area contributed by atoms with Crippen LogP contribution < -0.4 is 4.74 Å². The fourth-order valence-corrected chi connectivity index (χ4v) is 4.96.